The topological polar surface area (TPSA) is 142 Å². The second-order valence-corrected chi connectivity index (χ2v) is 11.2. The van der Waals surface area contributed by atoms with Crippen LogP contribution in [0.3, 0.4) is 0 Å². The van der Waals surface area contributed by atoms with Crippen molar-refractivity contribution in [2.45, 2.75) is 43.5 Å². The van der Waals surface area contributed by atoms with E-state index in [4.69, 9.17) is 10.5 Å². The van der Waals surface area contributed by atoms with Crippen LogP contribution in [0, 0.1) is 0 Å². The van der Waals surface area contributed by atoms with Gasteiger partial charge in [-0.3, -0.25) is 14.5 Å². The maximum Gasteiger partial charge on any atom is 0.242 e. The van der Waals surface area contributed by atoms with Crippen LogP contribution >= 0.6 is 0 Å². The smallest absolute Gasteiger partial charge is 0.242 e. The van der Waals surface area contributed by atoms with Gasteiger partial charge in [-0.15, -0.1) is 0 Å². The van der Waals surface area contributed by atoms with Crippen LogP contribution in [0.25, 0.3) is 10.8 Å². The first-order valence-electron chi connectivity index (χ1n) is 12.9. The minimum absolute atomic E-state index is 0.00883. The van der Waals surface area contributed by atoms with Gasteiger partial charge >= 0.3 is 0 Å². The van der Waals surface area contributed by atoms with Crippen molar-refractivity contribution in [1.29, 1.82) is 0 Å². The molecule has 0 radical (unpaired) electrons. The first-order chi connectivity index (χ1) is 18.6. The van der Waals surface area contributed by atoms with E-state index < -0.39 is 28.2 Å². The summed E-state index contributed by atoms with van der Waals surface area (Å²) in [5.41, 5.74) is 6.53. The number of rotatable bonds is 10. The third-order valence-corrected chi connectivity index (χ3v) is 8.38. The van der Waals surface area contributed by atoms with Gasteiger partial charge in [-0.25, -0.2) is 8.42 Å². The normalized spacial score (nSPS) is 16.9. The second-order valence-electron chi connectivity index (χ2n) is 9.48. The maximum atomic E-state index is 13.0. The van der Waals surface area contributed by atoms with Crippen molar-refractivity contribution in [3.05, 3.63) is 72.3 Å². The van der Waals surface area contributed by atoms with E-state index in [-0.39, 0.29) is 30.0 Å². The molecule has 3 aromatic carbocycles. The zero-order chi connectivity index (χ0) is 28.2. The number of nitrogens with one attached hydrogen (secondary N) is 1. The molecule has 11 heteroatoms. The molecule has 10 nitrogen and oxygen atoms in total. The molecule has 0 spiro atoms. The van der Waals surface area contributed by atoms with Crippen molar-refractivity contribution in [3.63, 3.8) is 0 Å². The second kappa shape index (κ2) is 12.1. The van der Waals surface area contributed by atoms with E-state index in [1.165, 1.54) is 24.3 Å². The number of nitrogens with two attached hydrogens (primary N) is 1. The van der Waals surface area contributed by atoms with Crippen LogP contribution in [0.4, 0.5) is 0 Å². The van der Waals surface area contributed by atoms with E-state index in [1.54, 1.807) is 16.7 Å². The molecule has 1 aliphatic heterocycles. The van der Waals surface area contributed by atoms with Gasteiger partial charge in [0.05, 0.1) is 4.90 Å². The molecule has 0 aromatic heterocycles. The average molecular weight is 555 g/mol. The highest BCUT2D eigenvalue weighted by Crippen LogP contribution is 2.28. The SMILES string of the molecule is CCC(=O)N1CCN(C(C(N)=O)C(O)NS(=O)(=O)c2ccc(OC(C)c3cccc4ccccc34)cc2)CC1. The molecule has 1 fully saturated rings. The third-order valence-electron chi connectivity index (χ3n) is 6.94. The van der Waals surface area contributed by atoms with Gasteiger partial charge in [0.2, 0.25) is 21.8 Å². The molecule has 3 atom stereocenters. The number of hydrogen-bond acceptors (Lipinski definition) is 7. The number of aliphatic hydroxyl groups excluding tert-OH is 1. The number of aliphatic hydroxyl groups is 1. The first-order valence-corrected chi connectivity index (χ1v) is 14.3. The van der Waals surface area contributed by atoms with Crippen LogP contribution in [0.1, 0.15) is 31.9 Å². The van der Waals surface area contributed by atoms with E-state index in [2.05, 4.69) is 4.72 Å². The molecule has 0 saturated carbocycles. The Bertz CT molecular complexity index is 1420. The summed E-state index contributed by atoms with van der Waals surface area (Å²) >= 11 is 0. The van der Waals surface area contributed by atoms with Crippen molar-refractivity contribution in [1.82, 2.24) is 14.5 Å². The van der Waals surface area contributed by atoms with Gasteiger partial charge in [0.25, 0.3) is 0 Å². The number of nitrogens with zero attached hydrogens (tertiary/aromatic N) is 2. The van der Waals surface area contributed by atoms with Crippen LogP contribution in [0.15, 0.2) is 71.6 Å². The van der Waals surface area contributed by atoms with Crippen molar-refractivity contribution in [2.75, 3.05) is 26.2 Å². The van der Waals surface area contributed by atoms with E-state index in [1.807, 2.05) is 49.4 Å². The number of sulfonamides is 1. The number of hydrogen-bond donors (Lipinski definition) is 3. The molecule has 4 rings (SSSR count). The number of primary amides is 1. The number of piperazine rings is 1. The number of carbonyl (C=O) groups is 2. The van der Waals surface area contributed by atoms with E-state index in [0.29, 0.717) is 25.3 Å². The van der Waals surface area contributed by atoms with Gasteiger partial charge in [-0.05, 0) is 47.5 Å². The minimum atomic E-state index is -4.19. The Kier molecular flexibility index (Phi) is 8.86. The first kappa shape index (κ1) is 28.5. The monoisotopic (exact) mass is 554 g/mol. The summed E-state index contributed by atoms with van der Waals surface area (Å²) in [7, 11) is -4.19. The lowest BCUT2D eigenvalue weighted by molar-refractivity contribution is -0.135. The average Bonchev–Trinajstić information content (AvgIpc) is 2.92. The molecule has 39 heavy (non-hydrogen) atoms. The summed E-state index contributed by atoms with van der Waals surface area (Å²) in [6.07, 6.45) is -1.70. The Morgan fingerprint density at radius 2 is 1.64 bits per heavy atom. The van der Waals surface area contributed by atoms with Crippen LogP contribution < -0.4 is 15.2 Å². The highest BCUT2D eigenvalue weighted by molar-refractivity contribution is 7.89. The van der Waals surface area contributed by atoms with Gasteiger partial charge in [-0.2, -0.15) is 4.72 Å². The minimum Gasteiger partial charge on any atom is -0.486 e. The Morgan fingerprint density at radius 1 is 1.00 bits per heavy atom. The predicted molar refractivity (Wildman–Crippen MR) is 147 cm³/mol. The summed E-state index contributed by atoms with van der Waals surface area (Å²) in [6, 6.07) is 18.5. The van der Waals surface area contributed by atoms with Gasteiger partial charge in [0, 0.05) is 32.6 Å². The van der Waals surface area contributed by atoms with Gasteiger partial charge in [0.1, 0.15) is 24.1 Å². The van der Waals surface area contributed by atoms with Crippen molar-refractivity contribution < 1.29 is 27.9 Å². The Labute approximate surface area is 228 Å². The van der Waals surface area contributed by atoms with Crippen molar-refractivity contribution in [3.8, 4) is 5.75 Å². The van der Waals surface area contributed by atoms with Crippen LogP contribution in [0.2, 0.25) is 0 Å². The van der Waals surface area contributed by atoms with E-state index in [9.17, 15) is 23.1 Å². The molecule has 208 valence electrons. The molecule has 1 heterocycles. The van der Waals surface area contributed by atoms with Gasteiger partial charge < -0.3 is 20.5 Å². The molecule has 0 bridgehead atoms. The van der Waals surface area contributed by atoms with Crippen LogP contribution in [0.5, 0.6) is 5.75 Å². The summed E-state index contributed by atoms with van der Waals surface area (Å²) in [4.78, 5) is 27.2. The molecule has 3 unspecified atom stereocenters. The molecular weight excluding hydrogens is 520 g/mol. The van der Waals surface area contributed by atoms with Crippen molar-refractivity contribution >= 4 is 32.6 Å². The maximum absolute atomic E-state index is 13.0. The zero-order valence-electron chi connectivity index (χ0n) is 22.0. The van der Waals surface area contributed by atoms with Crippen molar-refractivity contribution in [2.24, 2.45) is 5.73 Å². The van der Waals surface area contributed by atoms with E-state index >= 15 is 0 Å². The molecule has 0 aliphatic carbocycles. The summed E-state index contributed by atoms with van der Waals surface area (Å²) in [5, 5.41) is 12.9. The third kappa shape index (κ3) is 6.56. The van der Waals surface area contributed by atoms with E-state index in [0.717, 1.165) is 16.3 Å². The lowest BCUT2D eigenvalue weighted by atomic mass is 10.0. The summed E-state index contributed by atoms with van der Waals surface area (Å²) < 4.78 is 34.2. The highest BCUT2D eigenvalue weighted by atomic mass is 32.2. The fraction of sp³-hybridized carbons (Fsp3) is 0.357. The molecule has 4 N–H and O–H groups in total. The Balaban J connectivity index is 1.42. The molecular formula is C28H34N4O6S. The number of amides is 2. The fourth-order valence-corrected chi connectivity index (χ4v) is 5.95. The summed E-state index contributed by atoms with van der Waals surface area (Å²) in [6.45, 7) is 4.96. The lowest BCUT2D eigenvalue weighted by Crippen LogP contribution is -2.62. The number of carbonyl (C=O) groups excluding carboxylic acids is 2. The molecule has 1 aliphatic rings. The number of benzene rings is 3. The van der Waals surface area contributed by atoms with Crippen LogP contribution in [-0.2, 0) is 19.6 Å². The Hall–Kier alpha value is -3.51. The Morgan fingerprint density at radius 3 is 2.28 bits per heavy atom. The van der Waals surface area contributed by atoms with Gasteiger partial charge in [-0.1, -0.05) is 49.4 Å². The largest absolute Gasteiger partial charge is 0.486 e. The number of fused-ring (bicyclic) bond motifs is 1. The quantitative estimate of drug-likeness (QED) is 0.325. The zero-order valence-corrected chi connectivity index (χ0v) is 22.8. The number of ether oxygens (including phenoxy) is 1. The summed E-state index contributed by atoms with van der Waals surface area (Å²) in [5.74, 6) is -0.401. The van der Waals surface area contributed by atoms with Crippen LogP contribution in [-0.4, -0.2) is 73.6 Å². The highest BCUT2D eigenvalue weighted by Gasteiger charge is 2.36. The molecule has 3 aromatic rings. The lowest BCUT2D eigenvalue weighted by Gasteiger charge is -2.39. The molecule has 2 amide bonds. The standard InChI is InChI=1S/C28H34N4O6S/c1-3-25(33)31-15-17-32(18-16-31)26(27(29)34)28(35)30-39(36,37)22-13-11-21(12-14-22)38-19(2)23-10-6-8-20-7-4-5-9-24(20)23/h4-14,19,26,28,30,35H,3,15-18H2,1-2H3,(H2,29,34). The predicted octanol–water partition coefficient (Wildman–Crippen LogP) is 1.98. The van der Waals surface area contributed by atoms with Gasteiger partial charge in [0.15, 0.2) is 0 Å². The molecule has 1 saturated heterocycles. The fourth-order valence-electron chi connectivity index (χ4n) is 4.87.